The first kappa shape index (κ1) is 14.8. The fourth-order valence-electron chi connectivity index (χ4n) is 1.81. The van der Waals surface area contributed by atoms with Crippen molar-refractivity contribution in [3.05, 3.63) is 28.8 Å². The molecule has 18 heavy (non-hydrogen) atoms. The number of hydrogen-bond donors (Lipinski definition) is 1. The molecule has 1 rings (SSSR count). The van der Waals surface area contributed by atoms with Gasteiger partial charge in [0.25, 0.3) is 0 Å². The summed E-state index contributed by atoms with van der Waals surface area (Å²) in [5, 5.41) is 9.36. The second-order valence-corrected chi connectivity index (χ2v) is 4.07. The van der Waals surface area contributed by atoms with Crippen molar-refractivity contribution in [1.82, 2.24) is 0 Å². The van der Waals surface area contributed by atoms with Crippen molar-refractivity contribution >= 4 is 0 Å². The Balaban J connectivity index is 3.19. The molecule has 1 atom stereocenters. The first-order chi connectivity index (χ1) is 8.21. The van der Waals surface area contributed by atoms with Crippen LogP contribution in [0.3, 0.4) is 0 Å². The van der Waals surface area contributed by atoms with Gasteiger partial charge in [-0.15, -0.1) is 0 Å². The molecule has 0 radical (unpaired) electrons. The van der Waals surface area contributed by atoms with Crippen molar-refractivity contribution in [2.75, 3.05) is 7.11 Å². The van der Waals surface area contributed by atoms with Crippen molar-refractivity contribution in [1.29, 1.82) is 0 Å². The van der Waals surface area contributed by atoms with Gasteiger partial charge in [-0.3, -0.25) is 0 Å². The summed E-state index contributed by atoms with van der Waals surface area (Å²) in [6, 6.07) is 2.43. The molecule has 0 saturated heterocycles. The van der Waals surface area contributed by atoms with Crippen LogP contribution in [0, 0.1) is 13.8 Å². The van der Waals surface area contributed by atoms with Crippen molar-refractivity contribution in [3.63, 3.8) is 0 Å². The van der Waals surface area contributed by atoms with Gasteiger partial charge in [0.1, 0.15) is 11.9 Å². The first-order valence-corrected chi connectivity index (χ1v) is 5.21. The molecule has 1 unspecified atom stereocenters. The van der Waals surface area contributed by atoms with Crippen LogP contribution in [0.15, 0.2) is 12.1 Å². The molecule has 0 aliphatic heterocycles. The Morgan fingerprint density at radius 1 is 1.17 bits per heavy atom. The summed E-state index contributed by atoms with van der Waals surface area (Å²) in [5.41, 5.74) is 0.740. The molecule has 1 aromatic rings. The second-order valence-electron chi connectivity index (χ2n) is 4.07. The molecule has 0 saturated carbocycles. The number of hydrogen-bond acceptors (Lipinski definition) is 2. The maximum Gasteiger partial charge on any atom is 0.336 e. The number of aliphatic hydroxyl groups is 1. The summed E-state index contributed by atoms with van der Waals surface area (Å²) in [6.45, 7) is 3.17. The van der Waals surface area contributed by atoms with E-state index >= 15 is 0 Å². The minimum Gasteiger partial charge on any atom is -0.496 e. The number of benzene rings is 1. The predicted molar refractivity (Wildman–Crippen MR) is 58.4 cm³/mol. The van der Waals surface area contributed by atoms with Gasteiger partial charge in [-0.25, -0.2) is 8.78 Å². The third-order valence-corrected chi connectivity index (χ3v) is 2.66. The van der Waals surface area contributed by atoms with E-state index in [4.69, 9.17) is 4.74 Å². The lowest BCUT2D eigenvalue weighted by atomic mass is 9.98. The molecule has 6 heteroatoms. The Morgan fingerprint density at radius 3 is 1.94 bits per heavy atom. The van der Waals surface area contributed by atoms with Gasteiger partial charge in [0, 0.05) is 0 Å². The number of aliphatic hydroxyl groups excluding tert-OH is 1. The lowest BCUT2D eigenvalue weighted by molar-refractivity contribution is -0.193. The lowest BCUT2D eigenvalue weighted by Crippen LogP contribution is -2.34. The molecule has 1 aromatic carbocycles. The Kier molecular flexibility index (Phi) is 4.21. The quantitative estimate of drug-likeness (QED) is 0.848. The molecular weight excluding hydrogens is 252 g/mol. The van der Waals surface area contributed by atoms with Crippen LogP contribution in [0.5, 0.6) is 5.75 Å². The molecular formula is C12H14F4O2. The van der Waals surface area contributed by atoms with Gasteiger partial charge in [0.2, 0.25) is 0 Å². The molecule has 102 valence electrons. The highest BCUT2D eigenvalue weighted by atomic mass is 19.3. The van der Waals surface area contributed by atoms with E-state index in [1.807, 2.05) is 0 Å². The van der Waals surface area contributed by atoms with Gasteiger partial charge < -0.3 is 9.84 Å². The van der Waals surface area contributed by atoms with E-state index in [0.717, 1.165) is 0 Å². The molecule has 0 heterocycles. The second kappa shape index (κ2) is 5.14. The zero-order valence-corrected chi connectivity index (χ0v) is 10.2. The number of ether oxygens (including phenoxy) is 1. The van der Waals surface area contributed by atoms with Crippen LogP contribution in [0.4, 0.5) is 17.6 Å². The van der Waals surface area contributed by atoms with Gasteiger partial charge in [0.05, 0.1) is 7.11 Å². The Labute approximate surface area is 102 Å². The van der Waals surface area contributed by atoms with E-state index in [1.54, 1.807) is 13.8 Å². The summed E-state index contributed by atoms with van der Waals surface area (Å²) in [7, 11) is 1.42. The topological polar surface area (TPSA) is 29.5 Å². The third kappa shape index (κ3) is 2.58. The van der Waals surface area contributed by atoms with Gasteiger partial charge >= 0.3 is 12.3 Å². The van der Waals surface area contributed by atoms with E-state index in [-0.39, 0.29) is 5.56 Å². The molecule has 0 aliphatic rings. The number of rotatable bonds is 4. The van der Waals surface area contributed by atoms with E-state index in [0.29, 0.717) is 16.9 Å². The monoisotopic (exact) mass is 266 g/mol. The van der Waals surface area contributed by atoms with Gasteiger partial charge in [-0.05, 0) is 42.7 Å². The van der Waals surface area contributed by atoms with Crippen LogP contribution >= 0.6 is 0 Å². The highest BCUT2D eigenvalue weighted by Gasteiger charge is 2.48. The van der Waals surface area contributed by atoms with Crippen LogP contribution in [-0.4, -0.2) is 24.6 Å². The van der Waals surface area contributed by atoms with Crippen LogP contribution < -0.4 is 4.74 Å². The highest BCUT2D eigenvalue weighted by Crippen LogP contribution is 2.38. The van der Waals surface area contributed by atoms with Crippen LogP contribution in [0.1, 0.15) is 22.8 Å². The highest BCUT2D eigenvalue weighted by molar-refractivity contribution is 5.44. The van der Waals surface area contributed by atoms with Gasteiger partial charge in [0.15, 0.2) is 0 Å². The Morgan fingerprint density at radius 2 is 1.61 bits per heavy atom. The molecule has 0 amide bonds. The summed E-state index contributed by atoms with van der Waals surface area (Å²) in [4.78, 5) is 0. The van der Waals surface area contributed by atoms with E-state index in [2.05, 4.69) is 0 Å². The molecule has 0 bridgehead atoms. The van der Waals surface area contributed by atoms with Crippen LogP contribution in [-0.2, 0) is 0 Å². The van der Waals surface area contributed by atoms with Crippen molar-refractivity contribution in [2.45, 2.75) is 32.3 Å². The van der Waals surface area contributed by atoms with Gasteiger partial charge in [-0.1, -0.05) is 0 Å². The molecule has 0 aliphatic carbocycles. The summed E-state index contributed by atoms with van der Waals surface area (Å²) >= 11 is 0. The van der Waals surface area contributed by atoms with Crippen molar-refractivity contribution in [3.8, 4) is 5.75 Å². The molecule has 0 spiro atoms. The zero-order valence-electron chi connectivity index (χ0n) is 10.2. The lowest BCUT2D eigenvalue weighted by Gasteiger charge is -2.23. The number of halogens is 4. The van der Waals surface area contributed by atoms with Crippen LogP contribution in [0.2, 0.25) is 0 Å². The smallest absolute Gasteiger partial charge is 0.336 e. The van der Waals surface area contributed by atoms with Crippen molar-refractivity contribution in [2.24, 2.45) is 0 Å². The fourth-order valence-corrected chi connectivity index (χ4v) is 1.81. The molecule has 0 fully saturated rings. The largest absolute Gasteiger partial charge is 0.496 e. The molecule has 1 N–H and O–H groups in total. The Bertz CT molecular complexity index is 409. The zero-order chi connectivity index (χ0) is 14.1. The van der Waals surface area contributed by atoms with Crippen LogP contribution in [0.25, 0.3) is 0 Å². The Hall–Kier alpha value is -1.30. The first-order valence-electron chi connectivity index (χ1n) is 5.21. The minimum absolute atomic E-state index is 0.254. The molecule has 0 aromatic heterocycles. The molecule has 2 nitrogen and oxygen atoms in total. The van der Waals surface area contributed by atoms with E-state index < -0.39 is 18.5 Å². The van der Waals surface area contributed by atoms with Gasteiger partial charge in [-0.2, -0.15) is 8.78 Å². The standard InChI is InChI=1S/C12H14F4O2/c1-6-4-8(5-7(2)9(6)18-3)10(17)12(15,16)11(13)14/h4-5,10-11,17H,1-3H3. The average molecular weight is 266 g/mol. The summed E-state index contributed by atoms with van der Waals surface area (Å²) < 4.78 is 55.4. The third-order valence-electron chi connectivity index (χ3n) is 2.66. The summed E-state index contributed by atoms with van der Waals surface area (Å²) in [5.74, 6) is -4.00. The fraction of sp³-hybridized carbons (Fsp3) is 0.500. The maximum atomic E-state index is 13.0. The maximum absolute atomic E-state index is 13.0. The van der Waals surface area contributed by atoms with E-state index in [1.165, 1.54) is 19.2 Å². The van der Waals surface area contributed by atoms with E-state index in [9.17, 15) is 22.7 Å². The number of methoxy groups -OCH3 is 1. The predicted octanol–water partition coefficient (Wildman–Crippen LogP) is 3.25. The number of alkyl halides is 4. The average Bonchev–Trinajstić information content (AvgIpc) is 2.27. The minimum atomic E-state index is -4.48. The normalized spacial score (nSPS) is 13.8. The number of aryl methyl sites for hydroxylation is 2. The van der Waals surface area contributed by atoms with Crippen molar-refractivity contribution < 1.29 is 27.4 Å². The SMILES string of the molecule is COc1c(C)cc(C(O)C(F)(F)C(F)F)cc1C. The summed E-state index contributed by atoms with van der Waals surface area (Å²) in [6.07, 6.45) is -6.46.